The fourth-order valence-electron chi connectivity index (χ4n) is 6.40. The first kappa shape index (κ1) is 24.9. The molecule has 210 valence electrons. The second-order valence-electron chi connectivity index (χ2n) is 11.2. The van der Waals surface area contributed by atoms with Crippen LogP contribution in [0.1, 0.15) is 29.0 Å². The summed E-state index contributed by atoms with van der Waals surface area (Å²) in [5.41, 5.74) is 8.92. The molecule has 2 unspecified atom stereocenters. The van der Waals surface area contributed by atoms with Crippen LogP contribution < -0.4 is 10.6 Å². The van der Waals surface area contributed by atoms with Crippen LogP contribution in [0.25, 0.3) is 55.0 Å². The second kappa shape index (κ2) is 9.97. The molecule has 9 rings (SSSR count). The quantitative estimate of drug-likeness (QED) is 0.222. The molecule has 5 heteroatoms. The van der Waals surface area contributed by atoms with E-state index in [0.717, 1.165) is 72.0 Å². The van der Waals surface area contributed by atoms with Crippen molar-refractivity contribution in [3.05, 3.63) is 156 Å². The predicted molar refractivity (Wildman–Crippen MR) is 178 cm³/mol. The van der Waals surface area contributed by atoms with Gasteiger partial charge in [-0.15, -0.1) is 0 Å². The number of amidine groups is 1. The minimum Gasteiger partial charge on any atom is -0.456 e. The highest BCUT2D eigenvalue weighted by Crippen LogP contribution is 2.37. The normalized spacial score (nSPS) is 16.9. The number of hydrogen-bond acceptors (Lipinski definition) is 5. The van der Waals surface area contributed by atoms with Crippen molar-refractivity contribution < 1.29 is 8.83 Å². The third kappa shape index (κ3) is 4.09. The molecule has 0 amide bonds. The van der Waals surface area contributed by atoms with Gasteiger partial charge in [-0.25, -0.2) is 4.99 Å². The Hall–Kier alpha value is -5.65. The Morgan fingerprint density at radius 1 is 0.500 bits per heavy atom. The Balaban J connectivity index is 1.15. The van der Waals surface area contributed by atoms with Gasteiger partial charge in [-0.2, -0.15) is 0 Å². The smallest absolute Gasteiger partial charge is 0.142 e. The molecular formula is C39H27N3O2. The summed E-state index contributed by atoms with van der Waals surface area (Å²) in [6.07, 6.45) is -0.531. The van der Waals surface area contributed by atoms with Crippen LogP contribution in [0.3, 0.4) is 0 Å². The van der Waals surface area contributed by atoms with E-state index in [1.54, 1.807) is 0 Å². The number of hydrogen-bond donors (Lipinski definition) is 2. The molecule has 5 nitrogen and oxygen atoms in total. The van der Waals surface area contributed by atoms with Gasteiger partial charge in [0.05, 0.1) is 0 Å². The molecule has 44 heavy (non-hydrogen) atoms. The summed E-state index contributed by atoms with van der Waals surface area (Å²) in [6.45, 7) is 0. The molecule has 1 aliphatic heterocycles. The van der Waals surface area contributed by atoms with Gasteiger partial charge in [0.2, 0.25) is 0 Å². The zero-order valence-electron chi connectivity index (χ0n) is 23.7. The molecular weight excluding hydrogens is 542 g/mol. The highest BCUT2D eigenvalue weighted by Gasteiger charge is 2.28. The van der Waals surface area contributed by atoms with Crippen molar-refractivity contribution in [2.45, 2.75) is 12.3 Å². The van der Waals surface area contributed by atoms with Crippen LogP contribution in [0.15, 0.2) is 153 Å². The minimum absolute atomic E-state index is 0.234. The average Bonchev–Trinajstić information content (AvgIpc) is 3.66. The van der Waals surface area contributed by atoms with Gasteiger partial charge in [0.1, 0.15) is 40.5 Å². The van der Waals surface area contributed by atoms with Gasteiger partial charge in [0.25, 0.3) is 0 Å². The van der Waals surface area contributed by atoms with Crippen molar-refractivity contribution in [1.82, 2.24) is 10.6 Å². The maximum Gasteiger partial charge on any atom is 0.142 e. The molecule has 0 radical (unpaired) electrons. The van der Waals surface area contributed by atoms with Crippen LogP contribution in [0.4, 0.5) is 0 Å². The zero-order chi connectivity index (χ0) is 29.0. The maximum absolute atomic E-state index is 6.42. The number of benzene rings is 6. The molecule has 0 aliphatic carbocycles. The number of nitrogens with zero attached hydrogens (tertiary/aromatic N) is 1. The number of fused-ring (bicyclic) bond motifs is 6. The van der Waals surface area contributed by atoms with E-state index < -0.39 is 0 Å². The Morgan fingerprint density at radius 3 is 2.09 bits per heavy atom. The molecule has 1 aliphatic rings. The first-order valence-corrected chi connectivity index (χ1v) is 14.9. The van der Waals surface area contributed by atoms with E-state index in [0.29, 0.717) is 0 Å². The number of nitrogens with one attached hydrogen (secondary N) is 2. The molecule has 8 aromatic rings. The van der Waals surface area contributed by atoms with Crippen LogP contribution in [0.5, 0.6) is 0 Å². The predicted octanol–water partition coefficient (Wildman–Crippen LogP) is 9.49. The maximum atomic E-state index is 6.42. The minimum atomic E-state index is -0.297. The molecule has 2 aromatic heterocycles. The lowest BCUT2D eigenvalue weighted by Gasteiger charge is -2.32. The van der Waals surface area contributed by atoms with Gasteiger partial charge >= 0.3 is 0 Å². The fourth-order valence-corrected chi connectivity index (χ4v) is 6.40. The summed E-state index contributed by atoms with van der Waals surface area (Å²) < 4.78 is 12.8. The lowest BCUT2D eigenvalue weighted by Crippen LogP contribution is -2.45. The van der Waals surface area contributed by atoms with E-state index in [-0.39, 0.29) is 12.3 Å². The van der Waals surface area contributed by atoms with Gasteiger partial charge < -0.3 is 14.2 Å². The van der Waals surface area contributed by atoms with Crippen LogP contribution in [-0.4, -0.2) is 5.84 Å². The molecule has 0 saturated heterocycles. The van der Waals surface area contributed by atoms with E-state index in [2.05, 4.69) is 114 Å². The summed E-state index contributed by atoms with van der Waals surface area (Å²) in [6, 6.07) is 48.0. The first-order chi connectivity index (χ1) is 21.8. The molecule has 0 spiro atoms. The van der Waals surface area contributed by atoms with Gasteiger partial charge in [-0.05, 0) is 47.0 Å². The van der Waals surface area contributed by atoms with E-state index >= 15 is 0 Å². The standard InChI is InChI=1S/C39H27N3O2/c1-3-10-24(11-4-1)26-18-20-29-32-22-27(19-21-34(32)43-35(29)23-26)38-40-37(25-12-5-2-6-13-25)41-39(42-38)31-16-9-15-30-28-14-7-8-17-33(28)44-36(30)31/h1-23,38-39,42H,(H,40,41). The number of para-hydroxylation sites is 2. The summed E-state index contributed by atoms with van der Waals surface area (Å²) in [4.78, 5) is 5.18. The Labute approximate surface area is 253 Å². The monoisotopic (exact) mass is 569 g/mol. The SMILES string of the molecule is c1ccc(C2=NC(c3ccc4oc5cc(-c6ccccc6)ccc5c4c3)NC(c3cccc4c3oc3ccccc34)N2)cc1. The van der Waals surface area contributed by atoms with E-state index in [4.69, 9.17) is 13.8 Å². The van der Waals surface area contributed by atoms with Gasteiger partial charge in [-0.1, -0.05) is 109 Å². The van der Waals surface area contributed by atoms with Crippen molar-refractivity contribution in [3.63, 3.8) is 0 Å². The third-order valence-electron chi connectivity index (χ3n) is 8.57. The van der Waals surface area contributed by atoms with Crippen molar-refractivity contribution in [2.24, 2.45) is 4.99 Å². The largest absolute Gasteiger partial charge is 0.456 e. The van der Waals surface area contributed by atoms with Crippen molar-refractivity contribution in [1.29, 1.82) is 0 Å². The third-order valence-corrected chi connectivity index (χ3v) is 8.57. The van der Waals surface area contributed by atoms with Crippen LogP contribution in [0.2, 0.25) is 0 Å². The molecule has 3 heterocycles. The van der Waals surface area contributed by atoms with Gasteiger partial charge in [-0.3, -0.25) is 5.32 Å². The molecule has 0 saturated carbocycles. The highest BCUT2D eigenvalue weighted by molar-refractivity contribution is 6.07. The van der Waals surface area contributed by atoms with Crippen LogP contribution >= 0.6 is 0 Å². The second-order valence-corrected chi connectivity index (χ2v) is 11.2. The van der Waals surface area contributed by atoms with Crippen molar-refractivity contribution in [2.75, 3.05) is 0 Å². The lowest BCUT2D eigenvalue weighted by molar-refractivity contribution is 0.408. The van der Waals surface area contributed by atoms with E-state index in [9.17, 15) is 0 Å². The topological polar surface area (TPSA) is 62.7 Å². The van der Waals surface area contributed by atoms with Gasteiger partial charge in [0, 0.05) is 32.7 Å². The lowest BCUT2D eigenvalue weighted by atomic mass is 10.0. The molecule has 0 fully saturated rings. The average molecular weight is 570 g/mol. The molecule has 6 aromatic carbocycles. The Kier molecular flexibility index (Phi) is 5.64. The summed E-state index contributed by atoms with van der Waals surface area (Å²) in [7, 11) is 0. The van der Waals surface area contributed by atoms with Crippen LogP contribution in [0, 0.1) is 0 Å². The highest BCUT2D eigenvalue weighted by atomic mass is 16.3. The fraction of sp³-hybridized carbons (Fsp3) is 0.0513. The first-order valence-electron chi connectivity index (χ1n) is 14.9. The molecule has 2 atom stereocenters. The van der Waals surface area contributed by atoms with E-state index in [1.165, 1.54) is 5.56 Å². The Morgan fingerprint density at radius 2 is 1.23 bits per heavy atom. The number of aliphatic imine (C=N–C) groups is 1. The number of furan rings is 2. The summed E-state index contributed by atoms with van der Waals surface area (Å²) in [5, 5.41) is 11.8. The van der Waals surface area contributed by atoms with Crippen molar-refractivity contribution in [3.8, 4) is 11.1 Å². The van der Waals surface area contributed by atoms with Crippen LogP contribution in [-0.2, 0) is 0 Å². The zero-order valence-corrected chi connectivity index (χ0v) is 23.7. The molecule has 2 N–H and O–H groups in total. The Bertz CT molecular complexity index is 2350. The number of rotatable bonds is 4. The van der Waals surface area contributed by atoms with E-state index in [1.807, 2.05) is 36.4 Å². The van der Waals surface area contributed by atoms with Gasteiger partial charge in [0.15, 0.2) is 0 Å². The summed E-state index contributed by atoms with van der Waals surface area (Å²) >= 11 is 0. The summed E-state index contributed by atoms with van der Waals surface area (Å²) in [5.74, 6) is 0.831. The van der Waals surface area contributed by atoms with Crippen molar-refractivity contribution >= 4 is 49.7 Å². The molecule has 0 bridgehead atoms.